The van der Waals surface area contributed by atoms with Crippen molar-refractivity contribution >= 4 is 33.9 Å². The molecule has 0 radical (unpaired) electrons. The molecule has 1 aromatic carbocycles. The molecule has 0 atom stereocenters. The third-order valence-electron chi connectivity index (χ3n) is 2.14. The van der Waals surface area contributed by atoms with Crippen LogP contribution in [-0.4, -0.2) is 33.2 Å². The Balaban J connectivity index is 3.08. The molecule has 0 heterocycles. The summed E-state index contributed by atoms with van der Waals surface area (Å²) in [4.78, 5) is 4.25. The van der Waals surface area contributed by atoms with E-state index < -0.39 is 10.1 Å². The third kappa shape index (κ3) is 6.64. The Labute approximate surface area is 142 Å². The van der Waals surface area contributed by atoms with Gasteiger partial charge in [0.15, 0.2) is 11.4 Å². The number of hydrogen-bond acceptors (Lipinski definition) is 11. The summed E-state index contributed by atoms with van der Waals surface area (Å²) in [5.41, 5.74) is 0.112. The largest absolute Gasteiger partial charge is 0.325 e. The Bertz CT molecular complexity index is 823. The maximum absolute atomic E-state index is 10.9. The van der Waals surface area contributed by atoms with Gasteiger partial charge in [-0.15, -0.1) is 4.33 Å². The topological polar surface area (TPSA) is 143 Å². The molecular weight excluding hydrogens is 360 g/mol. The lowest BCUT2D eigenvalue weighted by Gasteiger charge is -2.02. The van der Waals surface area contributed by atoms with Crippen LogP contribution in [0, 0.1) is 22.7 Å². The van der Waals surface area contributed by atoms with Gasteiger partial charge in [0.2, 0.25) is 0 Å². The third-order valence-corrected chi connectivity index (χ3v) is 2.81. The fourth-order valence-electron chi connectivity index (χ4n) is 1.29. The number of oxime groups is 2. The standard InChI is InChI=1S/C12H10N4O6S2/c1-19-22-23-20-15-11(7-13)9-4-3-5-10(6-9)12(8-14)16-21-24(2,17)18/h3-6H,1-2H3. The molecule has 12 heteroatoms. The Morgan fingerprint density at radius 2 is 1.75 bits per heavy atom. The average molecular weight is 370 g/mol. The van der Waals surface area contributed by atoms with Crippen molar-refractivity contribution in [3.05, 3.63) is 35.4 Å². The monoisotopic (exact) mass is 370 g/mol. The second-order valence-corrected chi connectivity index (χ2v) is 5.82. The summed E-state index contributed by atoms with van der Waals surface area (Å²) in [7, 11) is -2.59. The number of rotatable bonds is 8. The Morgan fingerprint density at radius 3 is 2.25 bits per heavy atom. The zero-order valence-electron chi connectivity index (χ0n) is 12.4. The molecule has 24 heavy (non-hydrogen) atoms. The van der Waals surface area contributed by atoms with Crippen molar-refractivity contribution in [3.8, 4) is 12.1 Å². The number of benzene rings is 1. The molecule has 0 aliphatic carbocycles. The van der Waals surface area contributed by atoms with Crippen LogP contribution < -0.4 is 0 Å². The molecule has 1 aromatic rings. The lowest BCUT2D eigenvalue weighted by Crippen LogP contribution is -2.05. The molecule has 0 unspecified atom stereocenters. The number of nitrogens with zero attached hydrogens (tertiary/aromatic N) is 4. The smallest absolute Gasteiger partial charge is 0.288 e. The van der Waals surface area contributed by atoms with Crippen molar-refractivity contribution in [2.45, 2.75) is 0 Å². The molecular formula is C12H10N4O6S2. The van der Waals surface area contributed by atoms with Gasteiger partial charge in [-0.1, -0.05) is 28.5 Å². The average Bonchev–Trinajstić information content (AvgIpc) is 2.55. The van der Waals surface area contributed by atoms with Crippen molar-refractivity contribution in [2.24, 2.45) is 10.3 Å². The second kappa shape index (κ2) is 9.49. The van der Waals surface area contributed by atoms with Gasteiger partial charge in [0.25, 0.3) is 12.3 Å². The van der Waals surface area contributed by atoms with Crippen LogP contribution in [-0.2, 0) is 27.9 Å². The summed E-state index contributed by atoms with van der Waals surface area (Å²) in [6.07, 6.45) is 0.791. The van der Waals surface area contributed by atoms with Crippen LogP contribution in [0.25, 0.3) is 0 Å². The molecule has 0 N–H and O–H groups in total. The number of nitriles is 2. The predicted octanol–water partition coefficient (Wildman–Crippen LogP) is 1.28. The van der Waals surface area contributed by atoms with Crippen LogP contribution in [0.5, 0.6) is 0 Å². The first-order valence-electron chi connectivity index (χ1n) is 5.90. The van der Waals surface area contributed by atoms with Crippen molar-refractivity contribution in [3.63, 3.8) is 0 Å². The molecule has 0 amide bonds. The molecule has 0 saturated heterocycles. The zero-order chi connectivity index (χ0) is 18.0. The first-order chi connectivity index (χ1) is 11.4. The van der Waals surface area contributed by atoms with Crippen LogP contribution in [0.2, 0.25) is 0 Å². The van der Waals surface area contributed by atoms with Crippen LogP contribution in [0.1, 0.15) is 11.1 Å². The summed E-state index contributed by atoms with van der Waals surface area (Å²) < 4.78 is 35.1. The summed E-state index contributed by atoms with van der Waals surface area (Å²) in [6.45, 7) is 0. The summed E-state index contributed by atoms with van der Waals surface area (Å²) >= 11 is 0.394. The molecule has 0 spiro atoms. The van der Waals surface area contributed by atoms with Gasteiger partial charge < -0.3 is 0 Å². The van der Waals surface area contributed by atoms with Gasteiger partial charge in [0, 0.05) is 11.1 Å². The van der Waals surface area contributed by atoms with Crippen molar-refractivity contribution < 1.29 is 26.2 Å². The van der Waals surface area contributed by atoms with E-state index in [1.165, 1.54) is 31.4 Å². The predicted molar refractivity (Wildman–Crippen MR) is 83.4 cm³/mol. The van der Waals surface area contributed by atoms with E-state index in [4.69, 9.17) is 10.5 Å². The van der Waals surface area contributed by atoms with Gasteiger partial charge in [-0.25, -0.2) is 4.89 Å². The van der Waals surface area contributed by atoms with E-state index in [1.54, 1.807) is 12.1 Å². The van der Waals surface area contributed by atoms with E-state index in [9.17, 15) is 8.42 Å². The van der Waals surface area contributed by atoms with Crippen LogP contribution in [0.3, 0.4) is 0 Å². The highest BCUT2D eigenvalue weighted by molar-refractivity contribution is 7.89. The highest BCUT2D eigenvalue weighted by Gasteiger charge is 2.10. The van der Waals surface area contributed by atoms with Gasteiger partial charge in [-0.05, 0) is 6.07 Å². The van der Waals surface area contributed by atoms with E-state index in [1.807, 2.05) is 0 Å². The van der Waals surface area contributed by atoms with Gasteiger partial charge in [0.05, 0.1) is 13.4 Å². The van der Waals surface area contributed by atoms with Crippen LogP contribution in [0.15, 0.2) is 34.6 Å². The first kappa shape index (κ1) is 19.4. The molecule has 0 aliphatic heterocycles. The minimum absolute atomic E-state index is 0.120. The van der Waals surface area contributed by atoms with Crippen molar-refractivity contribution in [1.82, 2.24) is 0 Å². The molecule has 0 fully saturated rings. The number of hydrogen-bond donors (Lipinski definition) is 0. The summed E-state index contributed by atoms with van der Waals surface area (Å²) in [5.74, 6) is 0. The molecule has 0 saturated carbocycles. The normalized spacial score (nSPS) is 12.2. The lowest BCUT2D eigenvalue weighted by molar-refractivity contribution is -0.166. The van der Waals surface area contributed by atoms with Crippen LogP contribution in [0.4, 0.5) is 0 Å². The second-order valence-electron chi connectivity index (χ2n) is 3.84. The fraction of sp³-hybridized carbons (Fsp3) is 0.167. The maximum Gasteiger partial charge on any atom is 0.325 e. The molecule has 1 rings (SSSR count). The molecule has 10 nitrogen and oxygen atoms in total. The van der Waals surface area contributed by atoms with E-state index in [0.29, 0.717) is 17.9 Å². The van der Waals surface area contributed by atoms with Crippen molar-refractivity contribution in [1.29, 1.82) is 10.5 Å². The fourth-order valence-corrected chi connectivity index (χ4v) is 1.68. The van der Waals surface area contributed by atoms with Gasteiger partial charge >= 0.3 is 10.1 Å². The summed E-state index contributed by atoms with van der Waals surface area (Å²) in [6, 6.07) is 9.42. The minimum atomic E-state index is -3.85. The molecule has 0 bridgehead atoms. The molecule has 0 aliphatic rings. The van der Waals surface area contributed by atoms with E-state index in [2.05, 4.69) is 28.1 Å². The van der Waals surface area contributed by atoms with Gasteiger partial charge in [-0.2, -0.15) is 18.9 Å². The van der Waals surface area contributed by atoms with Crippen molar-refractivity contribution in [2.75, 3.05) is 13.4 Å². The van der Waals surface area contributed by atoms with Gasteiger partial charge in [0.1, 0.15) is 12.1 Å². The first-order valence-corrected chi connectivity index (χ1v) is 8.38. The molecule has 0 aromatic heterocycles. The highest BCUT2D eigenvalue weighted by Crippen LogP contribution is 2.11. The van der Waals surface area contributed by atoms with E-state index >= 15 is 0 Å². The van der Waals surface area contributed by atoms with E-state index in [0.717, 1.165) is 6.26 Å². The molecule has 126 valence electrons. The van der Waals surface area contributed by atoms with Crippen LogP contribution >= 0.6 is 12.3 Å². The Hall–Kier alpha value is -2.64. The minimum Gasteiger partial charge on any atom is -0.288 e. The Morgan fingerprint density at radius 1 is 1.17 bits per heavy atom. The highest BCUT2D eigenvalue weighted by atomic mass is 32.2. The lowest BCUT2D eigenvalue weighted by atomic mass is 10.0. The zero-order valence-corrected chi connectivity index (χ0v) is 14.0. The maximum atomic E-state index is 10.9. The Kier molecular flexibility index (Phi) is 7.67. The van der Waals surface area contributed by atoms with Gasteiger partial charge in [-0.3, -0.25) is 8.57 Å². The SMILES string of the molecule is COOSON=C(C#N)c1cccc(C(C#N)=NOS(C)(=O)=O)c1. The van der Waals surface area contributed by atoms with E-state index in [-0.39, 0.29) is 17.0 Å². The quantitative estimate of drug-likeness (QED) is 0.217. The summed E-state index contributed by atoms with van der Waals surface area (Å²) in [5, 5.41) is 24.9.